The van der Waals surface area contributed by atoms with Crippen LogP contribution in [0.15, 0.2) is 35.8 Å². The van der Waals surface area contributed by atoms with Gasteiger partial charge in [-0.25, -0.2) is 4.98 Å². The minimum atomic E-state index is -0.0622. The molecule has 4 nitrogen and oxygen atoms in total. The van der Waals surface area contributed by atoms with E-state index in [2.05, 4.69) is 32.7 Å². The summed E-state index contributed by atoms with van der Waals surface area (Å²) >= 11 is 1.77. The van der Waals surface area contributed by atoms with Crippen molar-refractivity contribution in [2.75, 3.05) is 11.4 Å². The van der Waals surface area contributed by atoms with Gasteiger partial charge in [0.1, 0.15) is 5.82 Å². The van der Waals surface area contributed by atoms with Gasteiger partial charge >= 0.3 is 0 Å². The molecule has 0 saturated heterocycles. The number of thiophene rings is 1. The van der Waals surface area contributed by atoms with Crippen LogP contribution < -0.4 is 10.2 Å². The van der Waals surface area contributed by atoms with Crippen LogP contribution in [-0.2, 0) is 6.54 Å². The van der Waals surface area contributed by atoms with Gasteiger partial charge in [-0.05, 0) is 43.3 Å². The van der Waals surface area contributed by atoms with E-state index >= 15 is 0 Å². The molecule has 1 saturated carbocycles. The number of anilines is 1. The number of amides is 1. The standard InChI is InChI=1S/C16H19N3OS/c1-2-17-16(20)12-5-8-15(18-10-12)19(13-6-7-13)11-14-4-3-9-21-14/h3-5,8-10,13H,2,6-7,11H2,1H3,(H,17,20). The van der Waals surface area contributed by atoms with Gasteiger partial charge in [-0.3, -0.25) is 4.79 Å². The van der Waals surface area contributed by atoms with E-state index in [-0.39, 0.29) is 5.91 Å². The number of pyridine rings is 1. The molecule has 1 N–H and O–H groups in total. The van der Waals surface area contributed by atoms with Crippen molar-refractivity contribution >= 4 is 23.1 Å². The summed E-state index contributed by atoms with van der Waals surface area (Å²) in [5.41, 5.74) is 0.618. The van der Waals surface area contributed by atoms with Crippen molar-refractivity contribution in [2.45, 2.75) is 32.4 Å². The van der Waals surface area contributed by atoms with Gasteiger partial charge in [0.2, 0.25) is 0 Å². The molecular weight excluding hydrogens is 282 g/mol. The molecule has 2 aromatic heterocycles. The van der Waals surface area contributed by atoms with Gasteiger partial charge in [-0.2, -0.15) is 0 Å². The molecule has 21 heavy (non-hydrogen) atoms. The molecule has 1 aliphatic carbocycles. The molecule has 5 heteroatoms. The van der Waals surface area contributed by atoms with E-state index in [1.54, 1.807) is 17.5 Å². The van der Waals surface area contributed by atoms with Gasteiger partial charge in [0.05, 0.1) is 12.1 Å². The van der Waals surface area contributed by atoms with Crippen LogP contribution in [0.2, 0.25) is 0 Å². The molecule has 0 aliphatic heterocycles. The third-order valence-electron chi connectivity index (χ3n) is 3.54. The number of rotatable bonds is 6. The minimum Gasteiger partial charge on any atom is -0.352 e. The number of hydrogen-bond donors (Lipinski definition) is 1. The zero-order chi connectivity index (χ0) is 14.7. The van der Waals surface area contributed by atoms with Crippen molar-refractivity contribution < 1.29 is 4.79 Å². The second-order valence-corrected chi connectivity index (χ2v) is 6.24. The minimum absolute atomic E-state index is 0.0622. The highest BCUT2D eigenvalue weighted by Gasteiger charge is 2.30. The average molecular weight is 301 g/mol. The second-order valence-electron chi connectivity index (χ2n) is 5.20. The van der Waals surface area contributed by atoms with Gasteiger partial charge < -0.3 is 10.2 Å². The molecule has 2 aromatic rings. The van der Waals surface area contributed by atoms with Crippen LogP contribution in [0.1, 0.15) is 35.0 Å². The van der Waals surface area contributed by atoms with Gasteiger partial charge in [0.15, 0.2) is 0 Å². The molecule has 1 aliphatic rings. The monoisotopic (exact) mass is 301 g/mol. The Morgan fingerprint density at radius 1 is 1.43 bits per heavy atom. The number of hydrogen-bond acceptors (Lipinski definition) is 4. The van der Waals surface area contributed by atoms with Gasteiger partial charge in [-0.1, -0.05) is 6.07 Å². The predicted molar refractivity (Wildman–Crippen MR) is 85.8 cm³/mol. The normalized spacial score (nSPS) is 14.0. The Labute approximate surface area is 128 Å². The van der Waals surface area contributed by atoms with E-state index in [0.717, 1.165) is 12.4 Å². The highest BCUT2D eigenvalue weighted by atomic mass is 32.1. The SMILES string of the molecule is CCNC(=O)c1ccc(N(Cc2cccs2)C2CC2)nc1. The van der Waals surface area contributed by atoms with Crippen LogP contribution in [0.4, 0.5) is 5.82 Å². The molecule has 0 aromatic carbocycles. The molecule has 3 rings (SSSR count). The van der Waals surface area contributed by atoms with Crippen molar-refractivity contribution in [1.29, 1.82) is 0 Å². The van der Waals surface area contributed by atoms with E-state index in [1.165, 1.54) is 17.7 Å². The molecule has 1 amide bonds. The molecule has 0 atom stereocenters. The Balaban J connectivity index is 1.75. The fourth-order valence-corrected chi connectivity index (χ4v) is 3.01. The van der Waals surface area contributed by atoms with Crippen LogP contribution in [0.5, 0.6) is 0 Å². The van der Waals surface area contributed by atoms with Crippen molar-refractivity contribution in [3.05, 3.63) is 46.3 Å². The lowest BCUT2D eigenvalue weighted by Gasteiger charge is -2.23. The van der Waals surface area contributed by atoms with E-state index in [9.17, 15) is 4.79 Å². The van der Waals surface area contributed by atoms with Gasteiger partial charge in [-0.15, -0.1) is 11.3 Å². The van der Waals surface area contributed by atoms with E-state index in [0.29, 0.717) is 18.2 Å². The molecule has 2 heterocycles. The van der Waals surface area contributed by atoms with Gasteiger partial charge in [0.25, 0.3) is 5.91 Å². The summed E-state index contributed by atoms with van der Waals surface area (Å²) in [5, 5.41) is 4.89. The van der Waals surface area contributed by atoms with Crippen LogP contribution in [0.3, 0.4) is 0 Å². The Morgan fingerprint density at radius 3 is 2.86 bits per heavy atom. The van der Waals surface area contributed by atoms with E-state index < -0.39 is 0 Å². The Morgan fingerprint density at radius 2 is 2.29 bits per heavy atom. The first-order chi connectivity index (χ1) is 10.3. The smallest absolute Gasteiger partial charge is 0.252 e. The molecule has 0 spiro atoms. The number of aromatic nitrogens is 1. The number of carbonyl (C=O) groups excluding carboxylic acids is 1. The largest absolute Gasteiger partial charge is 0.352 e. The maximum absolute atomic E-state index is 11.8. The number of carbonyl (C=O) groups is 1. The topological polar surface area (TPSA) is 45.2 Å². The fourth-order valence-electron chi connectivity index (χ4n) is 2.31. The molecule has 0 unspecified atom stereocenters. The lowest BCUT2D eigenvalue weighted by molar-refractivity contribution is 0.0955. The third-order valence-corrected chi connectivity index (χ3v) is 4.40. The lowest BCUT2D eigenvalue weighted by atomic mass is 10.2. The highest BCUT2D eigenvalue weighted by molar-refractivity contribution is 7.09. The summed E-state index contributed by atoms with van der Waals surface area (Å²) in [4.78, 5) is 19.9. The van der Waals surface area contributed by atoms with Crippen LogP contribution >= 0.6 is 11.3 Å². The Bertz CT molecular complexity index is 590. The summed E-state index contributed by atoms with van der Waals surface area (Å²) < 4.78 is 0. The predicted octanol–water partition coefficient (Wildman–Crippen LogP) is 3.06. The quantitative estimate of drug-likeness (QED) is 0.892. The summed E-state index contributed by atoms with van der Waals surface area (Å²) in [6.45, 7) is 3.44. The zero-order valence-corrected chi connectivity index (χ0v) is 12.9. The number of nitrogens with one attached hydrogen (secondary N) is 1. The molecule has 110 valence electrons. The molecule has 0 bridgehead atoms. The van der Waals surface area contributed by atoms with E-state index in [1.807, 2.05) is 19.1 Å². The fraction of sp³-hybridized carbons (Fsp3) is 0.375. The summed E-state index contributed by atoms with van der Waals surface area (Å²) in [7, 11) is 0. The Hall–Kier alpha value is -1.88. The lowest BCUT2D eigenvalue weighted by Crippen LogP contribution is -2.26. The highest BCUT2D eigenvalue weighted by Crippen LogP contribution is 2.32. The average Bonchev–Trinajstić information content (AvgIpc) is 3.22. The Kier molecular flexibility index (Phi) is 4.20. The first-order valence-corrected chi connectivity index (χ1v) is 8.19. The van der Waals surface area contributed by atoms with Crippen molar-refractivity contribution in [1.82, 2.24) is 10.3 Å². The van der Waals surface area contributed by atoms with Crippen LogP contribution in [0.25, 0.3) is 0 Å². The first kappa shape index (κ1) is 14.1. The van der Waals surface area contributed by atoms with Crippen molar-refractivity contribution in [3.63, 3.8) is 0 Å². The third kappa shape index (κ3) is 3.42. The van der Waals surface area contributed by atoms with Gasteiger partial charge in [0, 0.05) is 23.7 Å². The zero-order valence-electron chi connectivity index (χ0n) is 12.1. The van der Waals surface area contributed by atoms with Crippen LogP contribution in [-0.4, -0.2) is 23.5 Å². The summed E-state index contributed by atoms with van der Waals surface area (Å²) in [6, 6.07) is 8.64. The molecule has 0 radical (unpaired) electrons. The maximum atomic E-state index is 11.8. The molecule has 1 fully saturated rings. The number of nitrogens with zero attached hydrogens (tertiary/aromatic N) is 2. The summed E-state index contributed by atoms with van der Waals surface area (Å²) in [5.74, 6) is 0.895. The van der Waals surface area contributed by atoms with E-state index in [4.69, 9.17) is 0 Å². The first-order valence-electron chi connectivity index (χ1n) is 7.31. The van der Waals surface area contributed by atoms with Crippen molar-refractivity contribution in [3.8, 4) is 0 Å². The molecular formula is C16H19N3OS. The van der Waals surface area contributed by atoms with Crippen LogP contribution in [0, 0.1) is 0 Å². The van der Waals surface area contributed by atoms with Crippen molar-refractivity contribution in [2.24, 2.45) is 0 Å². The second kappa shape index (κ2) is 6.26. The maximum Gasteiger partial charge on any atom is 0.252 e. The summed E-state index contributed by atoms with van der Waals surface area (Å²) in [6.07, 6.45) is 4.13.